The van der Waals surface area contributed by atoms with Gasteiger partial charge in [0.15, 0.2) is 0 Å². The molecule has 0 saturated carbocycles. The van der Waals surface area contributed by atoms with Crippen LogP contribution >= 0.6 is 0 Å². The van der Waals surface area contributed by atoms with E-state index >= 15 is 0 Å². The maximum atomic E-state index is 12.0. The second kappa shape index (κ2) is 8.75. The lowest BCUT2D eigenvalue weighted by molar-refractivity contribution is -0.131. The van der Waals surface area contributed by atoms with Crippen molar-refractivity contribution in [1.82, 2.24) is 4.90 Å². The van der Waals surface area contributed by atoms with Gasteiger partial charge in [0, 0.05) is 13.5 Å². The van der Waals surface area contributed by atoms with Gasteiger partial charge in [0.1, 0.15) is 5.76 Å². The van der Waals surface area contributed by atoms with E-state index < -0.39 is 0 Å². The summed E-state index contributed by atoms with van der Waals surface area (Å²) in [5.74, 6) is 1.58. The SMILES string of the molecule is CCCC(CCN)CCC(=O)N(C)Cc1ccco1. The molecule has 0 saturated heterocycles. The molecule has 1 unspecified atom stereocenters. The van der Waals surface area contributed by atoms with Gasteiger partial charge in [-0.05, 0) is 37.4 Å². The Balaban J connectivity index is 2.32. The largest absolute Gasteiger partial charge is 0.467 e. The molecule has 1 aromatic heterocycles. The normalized spacial score (nSPS) is 12.4. The molecule has 0 spiro atoms. The molecule has 1 heterocycles. The van der Waals surface area contributed by atoms with Crippen LogP contribution < -0.4 is 5.73 Å². The maximum absolute atomic E-state index is 12.0. The van der Waals surface area contributed by atoms with Crippen molar-refractivity contribution < 1.29 is 9.21 Å². The molecular weight excluding hydrogens is 240 g/mol. The second-order valence-electron chi connectivity index (χ2n) is 5.10. The fourth-order valence-corrected chi connectivity index (χ4v) is 2.32. The molecule has 1 aromatic rings. The highest BCUT2D eigenvalue weighted by Gasteiger charge is 2.14. The van der Waals surface area contributed by atoms with Crippen molar-refractivity contribution in [1.29, 1.82) is 0 Å². The van der Waals surface area contributed by atoms with E-state index in [1.807, 2.05) is 19.2 Å². The van der Waals surface area contributed by atoms with Crippen LogP contribution in [0.5, 0.6) is 0 Å². The predicted octanol–water partition coefficient (Wildman–Crippen LogP) is 2.78. The molecule has 2 N–H and O–H groups in total. The summed E-state index contributed by atoms with van der Waals surface area (Å²) >= 11 is 0. The number of amides is 1. The van der Waals surface area contributed by atoms with E-state index in [1.165, 1.54) is 0 Å². The quantitative estimate of drug-likeness (QED) is 0.747. The predicted molar refractivity (Wildman–Crippen MR) is 76.5 cm³/mol. The molecule has 0 aliphatic heterocycles. The fourth-order valence-electron chi connectivity index (χ4n) is 2.32. The first-order valence-electron chi connectivity index (χ1n) is 7.13. The van der Waals surface area contributed by atoms with E-state index in [0.717, 1.165) is 31.4 Å². The van der Waals surface area contributed by atoms with Gasteiger partial charge in [-0.3, -0.25) is 4.79 Å². The molecule has 0 aromatic carbocycles. The van der Waals surface area contributed by atoms with Crippen molar-refractivity contribution in [2.45, 2.75) is 45.6 Å². The molecule has 4 heteroatoms. The molecule has 0 aliphatic rings. The summed E-state index contributed by atoms with van der Waals surface area (Å²) in [5, 5.41) is 0. The lowest BCUT2D eigenvalue weighted by Crippen LogP contribution is -2.26. The van der Waals surface area contributed by atoms with Gasteiger partial charge in [0.05, 0.1) is 12.8 Å². The molecule has 0 aliphatic carbocycles. The van der Waals surface area contributed by atoms with Crippen molar-refractivity contribution in [2.24, 2.45) is 11.7 Å². The van der Waals surface area contributed by atoms with Gasteiger partial charge in [0.25, 0.3) is 0 Å². The van der Waals surface area contributed by atoms with Crippen molar-refractivity contribution in [2.75, 3.05) is 13.6 Å². The highest BCUT2D eigenvalue weighted by Crippen LogP contribution is 2.18. The average Bonchev–Trinajstić information content (AvgIpc) is 2.89. The number of nitrogens with zero attached hydrogens (tertiary/aromatic N) is 1. The zero-order valence-corrected chi connectivity index (χ0v) is 12.1. The van der Waals surface area contributed by atoms with Crippen LogP contribution in [-0.2, 0) is 11.3 Å². The number of hydrogen-bond acceptors (Lipinski definition) is 3. The van der Waals surface area contributed by atoms with Crippen LogP contribution in [0.3, 0.4) is 0 Å². The van der Waals surface area contributed by atoms with E-state index in [0.29, 0.717) is 25.4 Å². The van der Waals surface area contributed by atoms with Gasteiger partial charge in [-0.15, -0.1) is 0 Å². The fraction of sp³-hybridized carbons (Fsp3) is 0.667. The first-order chi connectivity index (χ1) is 9.17. The highest BCUT2D eigenvalue weighted by molar-refractivity contribution is 5.75. The monoisotopic (exact) mass is 266 g/mol. The Hall–Kier alpha value is -1.29. The molecule has 0 fully saturated rings. The third kappa shape index (κ3) is 5.92. The van der Waals surface area contributed by atoms with Crippen LogP contribution in [0.4, 0.5) is 0 Å². The van der Waals surface area contributed by atoms with Crippen LogP contribution in [0.15, 0.2) is 22.8 Å². The number of carbonyl (C=O) groups excluding carboxylic acids is 1. The summed E-state index contributed by atoms with van der Waals surface area (Å²) in [6.45, 7) is 3.43. The van der Waals surface area contributed by atoms with E-state index in [1.54, 1.807) is 11.2 Å². The van der Waals surface area contributed by atoms with Crippen LogP contribution in [0, 0.1) is 5.92 Å². The zero-order chi connectivity index (χ0) is 14.1. The first-order valence-corrected chi connectivity index (χ1v) is 7.13. The Morgan fingerprint density at radius 3 is 2.79 bits per heavy atom. The number of hydrogen-bond donors (Lipinski definition) is 1. The maximum Gasteiger partial charge on any atom is 0.222 e. The molecule has 1 rings (SSSR count). The highest BCUT2D eigenvalue weighted by atomic mass is 16.3. The van der Waals surface area contributed by atoms with E-state index in [9.17, 15) is 4.79 Å². The summed E-state index contributed by atoms with van der Waals surface area (Å²) in [5.41, 5.74) is 5.61. The second-order valence-corrected chi connectivity index (χ2v) is 5.10. The van der Waals surface area contributed by atoms with Crippen molar-refractivity contribution in [3.8, 4) is 0 Å². The van der Waals surface area contributed by atoms with Crippen molar-refractivity contribution in [3.05, 3.63) is 24.2 Å². The molecule has 4 nitrogen and oxygen atoms in total. The minimum atomic E-state index is 0.175. The number of carbonyl (C=O) groups is 1. The van der Waals surface area contributed by atoms with Crippen molar-refractivity contribution >= 4 is 5.91 Å². The topological polar surface area (TPSA) is 59.5 Å². The third-order valence-electron chi connectivity index (χ3n) is 3.44. The number of nitrogens with two attached hydrogens (primary N) is 1. The van der Waals surface area contributed by atoms with Gasteiger partial charge < -0.3 is 15.1 Å². The standard InChI is InChI=1S/C15H26N2O2/c1-3-5-13(9-10-16)7-8-15(18)17(2)12-14-6-4-11-19-14/h4,6,11,13H,3,5,7-10,12,16H2,1-2H3. The number of rotatable bonds is 9. The Bertz CT molecular complexity index is 343. The van der Waals surface area contributed by atoms with Gasteiger partial charge in [-0.2, -0.15) is 0 Å². The molecule has 0 radical (unpaired) electrons. The molecule has 1 amide bonds. The van der Waals surface area contributed by atoms with Crippen LogP contribution in [0.1, 0.15) is 44.8 Å². The molecular formula is C15H26N2O2. The van der Waals surface area contributed by atoms with Crippen LogP contribution in [-0.4, -0.2) is 24.4 Å². The Kier molecular flexibility index (Phi) is 7.26. The van der Waals surface area contributed by atoms with Crippen LogP contribution in [0.25, 0.3) is 0 Å². The van der Waals surface area contributed by atoms with E-state index in [4.69, 9.17) is 10.2 Å². The first kappa shape index (κ1) is 15.8. The summed E-state index contributed by atoms with van der Waals surface area (Å²) in [4.78, 5) is 13.8. The summed E-state index contributed by atoms with van der Waals surface area (Å²) in [6, 6.07) is 3.73. The molecule has 1 atom stereocenters. The smallest absolute Gasteiger partial charge is 0.222 e. The van der Waals surface area contributed by atoms with Gasteiger partial charge in [-0.1, -0.05) is 19.8 Å². The third-order valence-corrected chi connectivity index (χ3v) is 3.44. The lowest BCUT2D eigenvalue weighted by Gasteiger charge is -2.19. The van der Waals surface area contributed by atoms with Gasteiger partial charge in [-0.25, -0.2) is 0 Å². The van der Waals surface area contributed by atoms with E-state index in [2.05, 4.69) is 6.92 Å². The Morgan fingerprint density at radius 2 is 2.21 bits per heavy atom. The van der Waals surface area contributed by atoms with Crippen LogP contribution in [0.2, 0.25) is 0 Å². The van der Waals surface area contributed by atoms with Gasteiger partial charge >= 0.3 is 0 Å². The summed E-state index contributed by atoms with van der Waals surface area (Å²) in [6.07, 6.45) is 6.50. The van der Waals surface area contributed by atoms with Crippen molar-refractivity contribution in [3.63, 3.8) is 0 Å². The Labute approximate surface area is 116 Å². The molecule has 0 bridgehead atoms. The molecule has 19 heavy (non-hydrogen) atoms. The zero-order valence-electron chi connectivity index (χ0n) is 12.1. The summed E-state index contributed by atoms with van der Waals surface area (Å²) < 4.78 is 5.25. The Morgan fingerprint density at radius 1 is 1.42 bits per heavy atom. The minimum Gasteiger partial charge on any atom is -0.467 e. The van der Waals surface area contributed by atoms with E-state index in [-0.39, 0.29) is 5.91 Å². The summed E-state index contributed by atoms with van der Waals surface area (Å²) in [7, 11) is 1.82. The molecule has 108 valence electrons. The number of furan rings is 1. The minimum absolute atomic E-state index is 0.175. The lowest BCUT2D eigenvalue weighted by atomic mass is 9.94. The average molecular weight is 266 g/mol. The van der Waals surface area contributed by atoms with Gasteiger partial charge in [0.2, 0.25) is 5.91 Å².